The largest absolute Gasteiger partial charge is 0.307 e. The highest BCUT2D eigenvalue weighted by atomic mass is 35.5. The molecule has 1 aromatic heterocycles. The topological polar surface area (TPSA) is 41.1 Å². The predicted molar refractivity (Wildman–Crippen MR) is 91.5 cm³/mol. The molecular weight excluding hydrogens is 322 g/mol. The Kier molecular flexibility index (Phi) is 5.68. The van der Waals surface area contributed by atoms with E-state index in [0.29, 0.717) is 19.7 Å². The van der Waals surface area contributed by atoms with E-state index in [4.69, 9.17) is 23.8 Å². The summed E-state index contributed by atoms with van der Waals surface area (Å²) in [6.45, 7) is 2.90. The van der Waals surface area contributed by atoms with Crippen molar-refractivity contribution in [1.82, 2.24) is 4.57 Å². The number of hydrogen-bond acceptors (Lipinski definition) is 4. The summed E-state index contributed by atoms with van der Waals surface area (Å²) in [5.41, 5.74) is 0.821. The fraction of sp³-hybridized carbons (Fsp3) is 0.267. The van der Waals surface area contributed by atoms with Crippen molar-refractivity contribution in [3.8, 4) is 6.07 Å². The number of aliphatic imine (C=N–C) groups is 1. The monoisotopic (exact) mass is 335 g/mol. The average molecular weight is 336 g/mol. The maximum atomic E-state index is 9.23. The van der Waals surface area contributed by atoms with Crippen LogP contribution in [0, 0.1) is 15.3 Å². The smallest absolute Gasteiger partial charge is 0.164 e. The van der Waals surface area contributed by atoms with Crippen LogP contribution < -0.4 is 0 Å². The summed E-state index contributed by atoms with van der Waals surface area (Å²) in [7, 11) is 0. The standard InChI is InChI=1S/C15H14ClN3S2/c1-2-3-8-19-14(13(9-17)21-15(19)20)18-10-11-6-4-5-7-12(11)16/h4-7,10H,2-3,8H2,1H3. The number of unbranched alkanes of at least 4 members (excludes halogenated alkanes) is 1. The normalized spacial score (nSPS) is 10.9. The van der Waals surface area contributed by atoms with Gasteiger partial charge >= 0.3 is 0 Å². The molecule has 0 aliphatic heterocycles. The molecule has 0 aliphatic rings. The van der Waals surface area contributed by atoms with Crippen LogP contribution >= 0.6 is 35.2 Å². The van der Waals surface area contributed by atoms with Gasteiger partial charge in [-0.15, -0.1) is 0 Å². The molecule has 0 bridgehead atoms. The Bertz CT molecular complexity index is 753. The van der Waals surface area contributed by atoms with Crippen molar-refractivity contribution < 1.29 is 0 Å². The van der Waals surface area contributed by atoms with Crippen LogP contribution in [-0.2, 0) is 6.54 Å². The average Bonchev–Trinajstić information content (AvgIpc) is 2.79. The number of benzene rings is 1. The van der Waals surface area contributed by atoms with E-state index in [1.165, 1.54) is 11.3 Å². The van der Waals surface area contributed by atoms with E-state index in [1.807, 2.05) is 28.8 Å². The molecule has 0 amide bonds. The first-order valence-electron chi connectivity index (χ1n) is 6.59. The second kappa shape index (κ2) is 7.51. The number of aromatic nitrogens is 1. The molecule has 2 rings (SSSR count). The van der Waals surface area contributed by atoms with Gasteiger partial charge in [0.05, 0.1) is 0 Å². The molecule has 0 saturated heterocycles. The fourth-order valence-electron chi connectivity index (χ4n) is 1.82. The molecule has 0 unspecified atom stereocenters. The molecule has 0 spiro atoms. The molecule has 21 heavy (non-hydrogen) atoms. The summed E-state index contributed by atoms with van der Waals surface area (Å²) < 4.78 is 2.61. The van der Waals surface area contributed by atoms with Gasteiger partial charge in [-0.2, -0.15) is 5.26 Å². The minimum absolute atomic E-state index is 0.541. The first kappa shape index (κ1) is 15.9. The predicted octanol–water partition coefficient (Wildman–Crippen LogP) is 5.35. The van der Waals surface area contributed by atoms with Crippen molar-refractivity contribution in [2.24, 2.45) is 4.99 Å². The molecule has 1 heterocycles. The second-order valence-electron chi connectivity index (χ2n) is 4.42. The molecule has 2 aromatic rings. The van der Waals surface area contributed by atoms with Crippen molar-refractivity contribution in [2.45, 2.75) is 26.3 Å². The zero-order chi connectivity index (χ0) is 15.2. The van der Waals surface area contributed by atoms with Crippen LogP contribution in [-0.4, -0.2) is 10.8 Å². The first-order chi connectivity index (χ1) is 10.2. The molecule has 6 heteroatoms. The fourth-order valence-corrected chi connectivity index (χ4v) is 3.20. The Morgan fingerprint density at radius 2 is 2.24 bits per heavy atom. The summed E-state index contributed by atoms with van der Waals surface area (Å²) in [6, 6.07) is 9.63. The number of thiazole rings is 1. The van der Waals surface area contributed by atoms with Crippen molar-refractivity contribution in [3.05, 3.63) is 43.7 Å². The quantitative estimate of drug-likeness (QED) is 0.545. The number of halogens is 1. The van der Waals surface area contributed by atoms with Gasteiger partial charge in [0, 0.05) is 23.3 Å². The number of nitriles is 1. The molecule has 0 saturated carbocycles. The maximum absolute atomic E-state index is 9.23. The molecule has 0 N–H and O–H groups in total. The van der Waals surface area contributed by atoms with Crippen LogP contribution in [0.15, 0.2) is 29.3 Å². The zero-order valence-corrected chi connectivity index (χ0v) is 13.9. The summed E-state index contributed by atoms with van der Waals surface area (Å²) in [4.78, 5) is 5.00. The first-order valence-corrected chi connectivity index (χ1v) is 8.20. The van der Waals surface area contributed by atoms with Crippen LogP contribution in [0.3, 0.4) is 0 Å². The van der Waals surface area contributed by atoms with Gasteiger partial charge in [0.15, 0.2) is 14.6 Å². The highest BCUT2D eigenvalue weighted by molar-refractivity contribution is 7.73. The van der Waals surface area contributed by atoms with E-state index in [-0.39, 0.29) is 0 Å². The minimum Gasteiger partial charge on any atom is -0.307 e. The second-order valence-corrected chi connectivity index (χ2v) is 6.47. The van der Waals surface area contributed by atoms with Gasteiger partial charge in [0.1, 0.15) is 6.07 Å². The van der Waals surface area contributed by atoms with E-state index in [2.05, 4.69) is 18.0 Å². The lowest BCUT2D eigenvalue weighted by Crippen LogP contribution is -1.97. The minimum atomic E-state index is 0.541. The van der Waals surface area contributed by atoms with Crippen LogP contribution in [0.2, 0.25) is 5.02 Å². The summed E-state index contributed by atoms with van der Waals surface area (Å²) in [5.74, 6) is 0.626. The Balaban J connectivity index is 2.41. The third-order valence-electron chi connectivity index (χ3n) is 2.94. The lowest BCUT2D eigenvalue weighted by molar-refractivity contribution is 0.635. The molecule has 108 valence electrons. The Hall–Kier alpha value is -1.48. The lowest BCUT2D eigenvalue weighted by Gasteiger charge is -2.04. The van der Waals surface area contributed by atoms with E-state index in [1.54, 1.807) is 6.21 Å². The Morgan fingerprint density at radius 1 is 1.48 bits per heavy atom. The number of hydrogen-bond donors (Lipinski definition) is 0. The van der Waals surface area contributed by atoms with E-state index >= 15 is 0 Å². The van der Waals surface area contributed by atoms with Crippen LogP contribution in [0.5, 0.6) is 0 Å². The summed E-state index contributed by atoms with van der Waals surface area (Å²) in [5, 5.41) is 9.87. The van der Waals surface area contributed by atoms with Gasteiger partial charge < -0.3 is 4.57 Å². The van der Waals surface area contributed by atoms with Gasteiger partial charge in [-0.1, -0.05) is 54.5 Å². The third-order valence-corrected chi connectivity index (χ3v) is 4.62. The Labute approximate surface area is 138 Å². The third kappa shape index (κ3) is 3.79. The molecule has 1 aromatic carbocycles. The van der Waals surface area contributed by atoms with Crippen molar-refractivity contribution in [1.29, 1.82) is 5.26 Å². The van der Waals surface area contributed by atoms with Crippen molar-refractivity contribution in [2.75, 3.05) is 0 Å². The molecule has 0 radical (unpaired) electrons. The van der Waals surface area contributed by atoms with Gasteiger partial charge in [-0.3, -0.25) is 0 Å². The summed E-state index contributed by atoms with van der Waals surface area (Å²) >= 11 is 12.7. The number of nitrogens with zero attached hydrogens (tertiary/aromatic N) is 3. The van der Waals surface area contributed by atoms with Gasteiger partial charge in [0.2, 0.25) is 0 Å². The highest BCUT2D eigenvalue weighted by Crippen LogP contribution is 2.27. The molecule has 3 nitrogen and oxygen atoms in total. The van der Waals surface area contributed by atoms with Crippen molar-refractivity contribution in [3.63, 3.8) is 0 Å². The van der Waals surface area contributed by atoms with E-state index in [0.717, 1.165) is 24.9 Å². The molecule has 0 fully saturated rings. The zero-order valence-electron chi connectivity index (χ0n) is 11.5. The van der Waals surface area contributed by atoms with Gasteiger partial charge in [-0.25, -0.2) is 4.99 Å². The molecule has 0 aliphatic carbocycles. The van der Waals surface area contributed by atoms with E-state index in [9.17, 15) is 5.26 Å². The number of rotatable bonds is 5. The molecular formula is C15H14ClN3S2. The van der Waals surface area contributed by atoms with Crippen molar-refractivity contribution >= 4 is 47.2 Å². The van der Waals surface area contributed by atoms with Gasteiger partial charge in [0.25, 0.3) is 0 Å². The highest BCUT2D eigenvalue weighted by Gasteiger charge is 2.11. The summed E-state index contributed by atoms with van der Waals surface area (Å²) in [6.07, 6.45) is 3.75. The van der Waals surface area contributed by atoms with Crippen LogP contribution in [0.1, 0.15) is 30.2 Å². The van der Waals surface area contributed by atoms with E-state index < -0.39 is 0 Å². The van der Waals surface area contributed by atoms with Crippen LogP contribution in [0.4, 0.5) is 5.82 Å². The lowest BCUT2D eigenvalue weighted by atomic mass is 10.2. The van der Waals surface area contributed by atoms with Gasteiger partial charge in [-0.05, 0) is 24.7 Å². The van der Waals surface area contributed by atoms with Crippen LogP contribution in [0.25, 0.3) is 0 Å². The maximum Gasteiger partial charge on any atom is 0.164 e. The molecule has 0 atom stereocenters. The SMILES string of the molecule is CCCCn1c(N=Cc2ccccc2Cl)c(C#N)sc1=S. The Morgan fingerprint density at radius 3 is 2.90 bits per heavy atom.